The lowest BCUT2D eigenvalue weighted by molar-refractivity contribution is 0.0372. The highest BCUT2D eigenvalue weighted by molar-refractivity contribution is 4.68. The SMILES string of the molecule is CCCCOCCOCCC(C)(C)CN. The number of ether oxygens (including phenoxy) is 2. The van der Waals surface area contributed by atoms with Crippen LogP contribution in [0.1, 0.15) is 40.0 Å². The molecule has 0 amide bonds. The van der Waals surface area contributed by atoms with Gasteiger partial charge in [0.05, 0.1) is 13.2 Å². The minimum absolute atomic E-state index is 0.197. The van der Waals surface area contributed by atoms with Crippen molar-refractivity contribution >= 4 is 0 Å². The Balaban J connectivity index is 3.11. The first-order valence-electron chi connectivity index (χ1n) is 5.98. The Morgan fingerprint density at radius 2 is 1.60 bits per heavy atom. The number of hydrogen-bond acceptors (Lipinski definition) is 3. The molecule has 0 radical (unpaired) electrons. The molecule has 15 heavy (non-hydrogen) atoms. The summed E-state index contributed by atoms with van der Waals surface area (Å²) >= 11 is 0. The van der Waals surface area contributed by atoms with Gasteiger partial charge in [0.2, 0.25) is 0 Å². The zero-order valence-corrected chi connectivity index (χ0v) is 10.6. The predicted octanol–water partition coefficient (Wildman–Crippen LogP) is 2.19. The van der Waals surface area contributed by atoms with Gasteiger partial charge in [0, 0.05) is 13.2 Å². The van der Waals surface area contributed by atoms with Crippen LogP contribution in [0.15, 0.2) is 0 Å². The summed E-state index contributed by atoms with van der Waals surface area (Å²) in [5.41, 5.74) is 5.82. The standard InChI is InChI=1S/C12H27NO2/c1-4-5-7-14-9-10-15-8-6-12(2,3)11-13/h4-11,13H2,1-3H3. The minimum atomic E-state index is 0.197. The Bertz CT molecular complexity index is 138. The molecule has 0 aliphatic heterocycles. The molecule has 0 fully saturated rings. The molecule has 0 spiro atoms. The van der Waals surface area contributed by atoms with Gasteiger partial charge in [-0.05, 0) is 24.8 Å². The Labute approximate surface area is 94.3 Å². The third kappa shape index (κ3) is 10.2. The Morgan fingerprint density at radius 1 is 1.00 bits per heavy atom. The molecule has 0 unspecified atom stereocenters. The van der Waals surface area contributed by atoms with Crippen LogP contribution in [-0.4, -0.2) is 33.0 Å². The second-order valence-electron chi connectivity index (χ2n) is 4.70. The van der Waals surface area contributed by atoms with Crippen molar-refractivity contribution < 1.29 is 9.47 Å². The normalized spacial score (nSPS) is 12.0. The van der Waals surface area contributed by atoms with Crippen molar-refractivity contribution in [3.63, 3.8) is 0 Å². The molecule has 0 aliphatic rings. The molecule has 0 saturated carbocycles. The largest absolute Gasteiger partial charge is 0.379 e. The highest BCUT2D eigenvalue weighted by Crippen LogP contribution is 2.17. The van der Waals surface area contributed by atoms with E-state index in [4.69, 9.17) is 15.2 Å². The van der Waals surface area contributed by atoms with E-state index < -0.39 is 0 Å². The third-order valence-electron chi connectivity index (χ3n) is 2.49. The minimum Gasteiger partial charge on any atom is -0.379 e. The van der Waals surface area contributed by atoms with E-state index in [-0.39, 0.29) is 5.41 Å². The fourth-order valence-electron chi connectivity index (χ4n) is 1.02. The van der Waals surface area contributed by atoms with Crippen LogP contribution in [0.4, 0.5) is 0 Å². The van der Waals surface area contributed by atoms with E-state index in [2.05, 4.69) is 20.8 Å². The van der Waals surface area contributed by atoms with E-state index >= 15 is 0 Å². The summed E-state index contributed by atoms with van der Waals surface area (Å²) in [4.78, 5) is 0. The molecular formula is C12H27NO2. The first-order chi connectivity index (χ1) is 7.12. The Kier molecular flexibility index (Phi) is 9.06. The maximum absolute atomic E-state index is 5.62. The van der Waals surface area contributed by atoms with Gasteiger partial charge in [0.25, 0.3) is 0 Å². The second-order valence-corrected chi connectivity index (χ2v) is 4.70. The van der Waals surface area contributed by atoms with Crippen molar-refractivity contribution in [1.82, 2.24) is 0 Å². The fourth-order valence-corrected chi connectivity index (χ4v) is 1.02. The molecule has 0 bridgehead atoms. The molecule has 0 atom stereocenters. The van der Waals surface area contributed by atoms with E-state index in [0.717, 1.165) is 26.1 Å². The van der Waals surface area contributed by atoms with Gasteiger partial charge in [-0.15, -0.1) is 0 Å². The van der Waals surface area contributed by atoms with Crippen molar-refractivity contribution in [2.75, 3.05) is 33.0 Å². The number of unbranched alkanes of at least 4 members (excludes halogenated alkanes) is 1. The highest BCUT2D eigenvalue weighted by Gasteiger charge is 2.14. The van der Waals surface area contributed by atoms with Gasteiger partial charge >= 0.3 is 0 Å². The molecule has 0 aliphatic carbocycles. The van der Waals surface area contributed by atoms with Gasteiger partial charge in [-0.3, -0.25) is 0 Å². The molecule has 0 aromatic rings. The van der Waals surface area contributed by atoms with Crippen LogP contribution in [0.5, 0.6) is 0 Å². The first kappa shape index (κ1) is 14.9. The van der Waals surface area contributed by atoms with Crippen LogP contribution in [-0.2, 0) is 9.47 Å². The van der Waals surface area contributed by atoms with E-state index in [9.17, 15) is 0 Å². The molecule has 92 valence electrons. The third-order valence-corrected chi connectivity index (χ3v) is 2.49. The summed E-state index contributed by atoms with van der Waals surface area (Å²) in [6.07, 6.45) is 3.34. The molecule has 0 aromatic heterocycles. The maximum atomic E-state index is 5.62. The van der Waals surface area contributed by atoms with Gasteiger partial charge < -0.3 is 15.2 Å². The monoisotopic (exact) mass is 217 g/mol. The number of nitrogens with two attached hydrogens (primary N) is 1. The average molecular weight is 217 g/mol. The zero-order valence-electron chi connectivity index (χ0n) is 10.6. The molecule has 0 rings (SSSR count). The summed E-state index contributed by atoms with van der Waals surface area (Å²) in [6.45, 7) is 10.2. The summed E-state index contributed by atoms with van der Waals surface area (Å²) in [7, 11) is 0. The quantitative estimate of drug-likeness (QED) is 0.571. The van der Waals surface area contributed by atoms with Crippen LogP contribution in [0.2, 0.25) is 0 Å². The fraction of sp³-hybridized carbons (Fsp3) is 1.00. The van der Waals surface area contributed by atoms with Gasteiger partial charge in [-0.2, -0.15) is 0 Å². The summed E-state index contributed by atoms with van der Waals surface area (Å²) < 4.78 is 10.9. The summed E-state index contributed by atoms with van der Waals surface area (Å²) in [6, 6.07) is 0. The van der Waals surface area contributed by atoms with Gasteiger partial charge in [-0.25, -0.2) is 0 Å². The highest BCUT2D eigenvalue weighted by atomic mass is 16.5. The van der Waals surface area contributed by atoms with Gasteiger partial charge in [0.15, 0.2) is 0 Å². The molecule has 2 N–H and O–H groups in total. The van der Waals surface area contributed by atoms with E-state index in [1.807, 2.05) is 0 Å². The Hall–Kier alpha value is -0.120. The van der Waals surface area contributed by atoms with Crippen molar-refractivity contribution in [1.29, 1.82) is 0 Å². The summed E-state index contributed by atoms with van der Waals surface area (Å²) in [5, 5.41) is 0. The van der Waals surface area contributed by atoms with Gasteiger partial charge in [-0.1, -0.05) is 27.2 Å². The molecule has 3 heteroatoms. The maximum Gasteiger partial charge on any atom is 0.0700 e. The molecule has 0 saturated heterocycles. The number of hydrogen-bond donors (Lipinski definition) is 1. The zero-order chi connectivity index (χ0) is 11.6. The van der Waals surface area contributed by atoms with E-state index in [0.29, 0.717) is 19.8 Å². The van der Waals surface area contributed by atoms with E-state index in [1.54, 1.807) is 0 Å². The molecule has 0 heterocycles. The van der Waals surface area contributed by atoms with Crippen LogP contribution in [0, 0.1) is 5.41 Å². The lowest BCUT2D eigenvalue weighted by Gasteiger charge is -2.21. The molecular weight excluding hydrogens is 190 g/mol. The first-order valence-corrected chi connectivity index (χ1v) is 5.98. The Morgan fingerprint density at radius 3 is 2.13 bits per heavy atom. The molecule has 3 nitrogen and oxygen atoms in total. The van der Waals surface area contributed by atoms with Crippen molar-refractivity contribution in [3.05, 3.63) is 0 Å². The van der Waals surface area contributed by atoms with Crippen LogP contribution in [0.25, 0.3) is 0 Å². The molecule has 0 aromatic carbocycles. The lowest BCUT2D eigenvalue weighted by atomic mass is 9.90. The van der Waals surface area contributed by atoms with Crippen LogP contribution < -0.4 is 5.73 Å². The second kappa shape index (κ2) is 9.13. The predicted molar refractivity (Wildman–Crippen MR) is 64.0 cm³/mol. The van der Waals surface area contributed by atoms with Crippen molar-refractivity contribution in [3.8, 4) is 0 Å². The van der Waals surface area contributed by atoms with Crippen molar-refractivity contribution in [2.24, 2.45) is 11.1 Å². The number of rotatable bonds is 10. The van der Waals surface area contributed by atoms with Crippen molar-refractivity contribution in [2.45, 2.75) is 40.0 Å². The van der Waals surface area contributed by atoms with Gasteiger partial charge in [0.1, 0.15) is 0 Å². The summed E-state index contributed by atoms with van der Waals surface area (Å²) in [5.74, 6) is 0. The lowest BCUT2D eigenvalue weighted by Crippen LogP contribution is -2.25. The van der Waals surface area contributed by atoms with E-state index in [1.165, 1.54) is 6.42 Å². The smallest absolute Gasteiger partial charge is 0.0700 e. The topological polar surface area (TPSA) is 44.5 Å². The average Bonchev–Trinajstić information content (AvgIpc) is 2.22. The van der Waals surface area contributed by atoms with Crippen LogP contribution in [0.3, 0.4) is 0 Å². The van der Waals surface area contributed by atoms with Crippen LogP contribution >= 0.6 is 0 Å².